The lowest BCUT2D eigenvalue weighted by Crippen LogP contribution is -2.24. The van der Waals surface area contributed by atoms with Crippen LogP contribution in [0, 0.1) is 0 Å². The van der Waals surface area contributed by atoms with Crippen molar-refractivity contribution in [2.24, 2.45) is 0 Å². The van der Waals surface area contributed by atoms with Crippen LogP contribution in [0.4, 0.5) is 0 Å². The molecule has 92 valence electrons. The third-order valence-electron chi connectivity index (χ3n) is 2.21. The first-order valence-corrected chi connectivity index (χ1v) is 5.74. The van der Waals surface area contributed by atoms with Gasteiger partial charge in [0.05, 0.1) is 12.9 Å². The molecule has 0 bridgehead atoms. The number of ether oxygens (including phenoxy) is 1. The molecular formula is C12H22N2O2. The number of nitrogens with one attached hydrogen (secondary N) is 1. The molecule has 0 aliphatic rings. The van der Waals surface area contributed by atoms with Crippen molar-refractivity contribution in [3.8, 4) is 0 Å². The van der Waals surface area contributed by atoms with E-state index in [0.717, 1.165) is 32.0 Å². The average Bonchev–Trinajstić information content (AvgIpc) is 2.74. The van der Waals surface area contributed by atoms with Gasteiger partial charge in [-0.15, -0.1) is 0 Å². The molecule has 0 fully saturated rings. The minimum absolute atomic E-state index is 0.562. The minimum Gasteiger partial charge on any atom is -0.467 e. The second kappa shape index (κ2) is 8.33. The largest absolute Gasteiger partial charge is 0.467 e. The molecule has 0 saturated carbocycles. The van der Waals surface area contributed by atoms with Gasteiger partial charge in [0.1, 0.15) is 12.4 Å². The first-order valence-electron chi connectivity index (χ1n) is 5.74. The van der Waals surface area contributed by atoms with Crippen LogP contribution in [0.15, 0.2) is 22.8 Å². The zero-order valence-electron chi connectivity index (χ0n) is 10.2. The van der Waals surface area contributed by atoms with Crippen molar-refractivity contribution in [2.45, 2.75) is 13.0 Å². The zero-order chi connectivity index (χ0) is 11.6. The molecule has 1 heterocycles. The average molecular weight is 226 g/mol. The van der Waals surface area contributed by atoms with E-state index in [1.54, 1.807) is 6.26 Å². The normalized spacial score (nSPS) is 11.2. The summed E-state index contributed by atoms with van der Waals surface area (Å²) in [4.78, 5) is 2.19. The first-order chi connectivity index (χ1) is 7.79. The Kier molecular flexibility index (Phi) is 6.88. The van der Waals surface area contributed by atoms with Crippen LogP contribution in [0.1, 0.15) is 12.2 Å². The summed E-state index contributed by atoms with van der Waals surface area (Å²) in [5.41, 5.74) is 0. The van der Waals surface area contributed by atoms with Crippen molar-refractivity contribution in [2.75, 3.05) is 40.3 Å². The van der Waals surface area contributed by atoms with Crippen molar-refractivity contribution in [3.63, 3.8) is 0 Å². The molecule has 1 rings (SSSR count). The van der Waals surface area contributed by atoms with Crippen molar-refractivity contribution in [1.82, 2.24) is 10.2 Å². The van der Waals surface area contributed by atoms with Crippen molar-refractivity contribution < 1.29 is 9.15 Å². The molecule has 4 nitrogen and oxygen atoms in total. The first kappa shape index (κ1) is 13.2. The second-order valence-electron chi connectivity index (χ2n) is 4.04. The monoisotopic (exact) mass is 226 g/mol. The number of hydrogen-bond acceptors (Lipinski definition) is 4. The fraction of sp³-hybridized carbons (Fsp3) is 0.667. The van der Waals surface area contributed by atoms with Crippen molar-refractivity contribution >= 4 is 0 Å². The molecular weight excluding hydrogens is 204 g/mol. The molecule has 0 saturated heterocycles. The number of hydrogen-bond donors (Lipinski definition) is 1. The Morgan fingerprint density at radius 1 is 1.38 bits per heavy atom. The zero-order valence-corrected chi connectivity index (χ0v) is 10.2. The number of nitrogens with zero attached hydrogens (tertiary/aromatic N) is 1. The van der Waals surface area contributed by atoms with Crippen LogP contribution in [-0.4, -0.2) is 45.2 Å². The molecule has 1 N–H and O–H groups in total. The Labute approximate surface area is 97.6 Å². The summed E-state index contributed by atoms with van der Waals surface area (Å²) >= 11 is 0. The highest BCUT2D eigenvalue weighted by Gasteiger charge is 1.95. The molecule has 0 aliphatic heterocycles. The molecule has 0 aromatic carbocycles. The molecule has 1 aromatic heterocycles. The quantitative estimate of drug-likeness (QED) is 0.645. The van der Waals surface area contributed by atoms with E-state index in [2.05, 4.69) is 24.3 Å². The van der Waals surface area contributed by atoms with Crippen LogP contribution in [0.3, 0.4) is 0 Å². The summed E-state index contributed by atoms with van der Waals surface area (Å²) in [6, 6.07) is 3.79. The molecule has 0 atom stereocenters. The van der Waals surface area contributed by atoms with E-state index in [9.17, 15) is 0 Å². The van der Waals surface area contributed by atoms with E-state index < -0.39 is 0 Å². The lowest BCUT2D eigenvalue weighted by Gasteiger charge is -2.09. The van der Waals surface area contributed by atoms with Crippen LogP contribution >= 0.6 is 0 Å². The van der Waals surface area contributed by atoms with Gasteiger partial charge in [0.2, 0.25) is 0 Å². The van der Waals surface area contributed by atoms with E-state index in [1.807, 2.05) is 12.1 Å². The van der Waals surface area contributed by atoms with Gasteiger partial charge in [-0.1, -0.05) is 0 Å². The van der Waals surface area contributed by atoms with Gasteiger partial charge in [0, 0.05) is 6.54 Å². The second-order valence-corrected chi connectivity index (χ2v) is 4.04. The van der Waals surface area contributed by atoms with Gasteiger partial charge in [0.25, 0.3) is 0 Å². The summed E-state index contributed by atoms with van der Waals surface area (Å²) in [6.07, 6.45) is 2.84. The number of rotatable bonds is 9. The molecule has 0 aliphatic carbocycles. The van der Waals surface area contributed by atoms with E-state index in [1.165, 1.54) is 6.42 Å². The van der Waals surface area contributed by atoms with Gasteiger partial charge in [-0.25, -0.2) is 0 Å². The van der Waals surface area contributed by atoms with Gasteiger partial charge in [0.15, 0.2) is 0 Å². The highest BCUT2D eigenvalue weighted by molar-refractivity contribution is 4.95. The smallest absolute Gasteiger partial charge is 0.129 e. The van der Waals surface area contributed by atoms with E-state index in [-0.39, 0.29) is 0 Å². The van der Waals surface area contributed by atoms with Crippen LogP contribution in [-0.2, 0) is 11.3 Å². The summed E-state index contributed by atoms with van der Waals surface area (Å²) in [5.74, 6) is 0.882. The van der Waals surface area contributed by atoms with Gasteiger partial charge in [-0.2, -0.15) is 0 Å². The Morgan fingerprint density at radius 3 is 2.94 bits per heavy atom. The molecule has 0 radical (unpaired) electrons. The SMILES string of the molecule is CN(C)CCCNCCOCc1ccco1. The van der Waals surface area contributed by atoms with E-state index in [4.69, 9.17) is 9.15 Å². The molecule has 0 unspecified atom stereocenters. The van der Waals surface area contributed by atoms with Crippen LogP contribution in [0.2, 0.25) is 0 Å². The van der Waals surface area contributed by atoms with Crippen LogP contribution in [0.25, 0.3) is 0 Å². The molecule has 16 heavy (non-hydrogen) atoms. The number of furan rings is 1. The Morgan fingerprint density at radius 2 is 2.25 bits per heavy atom. The van der Waals surface area contributed by atoms with Gasteiger partial charge >= 0.3 is 0 Å². The fourth-order valence-corrected chi connectivity index (χ4v) is 1.36. The standard InChI is InChI=1S/C12H22N2O2/c1-14(2)8-4-6-13-7-10-15-11-12-5-3-9-16-12/h3,5,9,13H,4,6-8,10-11H2,1-2H3. The molecule has 1 aromatic rings. The Balaban J connectivity index is 1.82. The summed E-state index contributed by atoms with van der Waals surface area (Å²) in [6.45, 7) is 4.35. The Hall–Kier alpha value is -0.840. The van der Waals surface area contributed by atoms with Gasteiger partial charge in [-0.05, 0) is 45.7 Å². The predicted octanol–water partition coefficient (Wildman–Crippen LogP) is 1.34. The van der Waals surface area contributed by atoms with Crippen LogP contribution in [0.5, 0.6) is 0 Å². The highest BCUT2D eigenvalue weighted by Crippen LogP contribution is 2.00. The molecule has 0 spiro atoms. The predicted molar refractivity (Wildman–Crippen MR) is 64.4 cm³/mol. The Bertz CT molecular complexity index is 248. The fourth-order valence-electron chi connectivity index (χ4n) is 1.36. The summed E-state index contributed by atoms with van der Waals surface area (Å²) < 4.78 is 10.6. The van der Waals surface area contributed by atoms with Crippen molar-refractivity contribution in [1.29, 1.82) is 0 Å². The summed E-state index contributed by atoms with van der Waals surface area (Å²) in [7, 11) is 4.18. The third-order valence-corrected chi connectivity index (χ3v) is 2.21. The topological polar surface area (TPSA) is 37.6 Å². The van der Waals surface area contributed by atoms with Crippen LogP contribution < -0.4 is 5.32 Å². The molecule has 0 amide bonds. The summed E-state index contributed by atoms with van der Waals surface area (Å²) in [5, 5.41) is 3.34. The lowest BCUT2D eigenvalue weighted by molar-refractivity contribution is 0.108. The maximum atomic E-state index is 5.44. The third kappa shape index (κ3) is 6.61. The lowest BCUT2D eigenvalue weighted by atomic mass is 10.4. The highest BCUT2D eigenvalue weighted by atomic mass is 16.5. The molecule has 4 heteroatoms. The minimum atomic E-state index is 0.562. The van der Waals surface area contributed by atoms with Gasteiger partial charge in [-0.3, -0.25) is 0 Å². The van der Waals surface area contributed by atoms with Gasteiger partial charge < -0.3 is 19.4 Å². The van der Waals surface area contributed by atoms with Crippen molar-refractivity contribution in [3.05, 3.63) is 24.2 Å². The van der Waals surface area contributed by atoms with E-state index >= 15 is 0 Å². The maximum Gasteiger partial charge on any atom is 0.129 e. The van der Waals surface area contributed by atoms with E-state index in [0.29, 0.717) is 6.61 Å². The maximum absolute atomic E-state index is 5.44.